The van der Waals surface area contributed by atoms with Crippen molar-refractivity contribution in [1.29, 1.82) is 0 Å². The lowest BCUT2D eigenvalue weighted by Gasteiger charge is -2.32. The molecule has 0 heterocycles. The topological polar surface area (TPSA) is 35.2 Å². The van der Waals surface area contributed by atoms with E-state index in [2.05, 4.69) is 27.7 Å². The summed E-state index contributed by atoms with van der Waals surface area (Å²) in [6.45, 7) is 9.31. The summed E-state index contributed by atoms with van der Waals surface area (Å²) < 4.78 is 6.06. The van der Waals surface area contributed by atoms with Gasteiger partial charge in [-0.1, -0.05) is 13.8 Å². The van der Waals surface area contributed by atoms with Gasteiger partial charge in [0.2, 0.25) is 0 Å². The predicted molar refractivity (Wildman–Crippen MR) is 64.6 cm³/mol. The van der Waals surface area contributed by atoms with E-state index in [1.54, 1.807) is 0 Å². The molecule has 1 aliphatic rings. The summed E-state index contributed by atoms with van der Waals surface area (Å²) in [4.78, 5) is 0. The Morgan fingerprint density at radius 1 is 1.40 bits per heavy atom. The van der Waals surface area contributed by atoms with Crippen molar-refractivity contribution in [3.8, 4) is 0 Å². The van der Waals surface area contributed by atoms with E-state index in [1.807, 2.05) is 0 Å². The summed E-state index contributed by atoms with van der Waals surface area (Å²) in [5, 5.41) is 0. The maximum atomic E-state index is 6.06. The van der Waals surface area contributed by atoms with Gasteiger partial charge in [0.15, 0.2) is 0 Å². The highest BCUT2D eigenvalue weighted by atomic mass is 16.5. The van der Waals surface area contributed by atoms with E-state index < -0.39 is 0 Å². The van der Waals surface area contributed by atoms with Crippen LogP contribution < -0.4 is 5.73 Å². The van der Waals surface area contributed by atoms with E-state index in [0.717, 1.165) is 12.2 Å². The fourth-order valence-electron chi connectivity index (χ4n) is 2.25. The quantitative estimate of drug-likeness (QED) is 0.709. The molecule has 0 amide bonds. The van der Waals surface area contributed by atoms with Crippen molar-refractivity contribution in [2.45, 2.75) is 59.0 Å². The van der Waals surface area contributed by atoms with Crippen molar-refractivity contribution in [3.05, 3.63) is 11.3 Å². The van der Waals surface area contributed by atoms with Crippen molar-refractivity contribution in [1.82, 2.24) is 0 Å². The van der Waals surface area contributed by atoms with Crippen molar-refractivity contribution in [2.24, 2.45) is 11.7 Å². The summed E-state index contributed by atoms with van der Waals surface area (Å²) in [5.74, 6) is 1.71. The molecule has 0 aliphatic heterocycles. The van der Waals surface area contributed by atoms with Crippen LogP contribution in [0.3, 0.4) is 0 Å². The average molecular weight is 211 g/mol. The molecule has 2 N–H and O–H groups in total. The van der Waals surface area contributed by atoms with Crippen molar-refractivity contribution in [3.63, 3.8) is 0 Å². The fraction of sp³-hybridized carbons (Fsp3) is 0.846. The largest absolute Gasteiger partial charge is 0.491 e. The third kappa shape index (κ3) is 3.86. The molecule has 0 aromatic carbocycles. The SMILES string of the molecule is CC(C)CC(C)(C)OC(CN)=C1CCC1. The van der Waals surface area contributed by atoms with Crippen LogP contribution in [0.15, 0.2) is 11.3 Å². The second kappa shape index (κ2) is 5.02. The van der Waals surface area contributed by atoms with Gasteiger partial charge in [-0.2, -0.15) is 0 Å². The van der Waals surface area contributed by atoms with Gasteiger partial charge in [0.05, 0.1) is 6.54 Å². The summed E-state index contributed by atoms with van der Waals surface area (Å²) in [7, 11) is 0. The van der Waals surface area contributed by atoms with E-state index in [1.165, 1.54) is 24.8 Å². The van der Waals surface area contributed by atoms with Crippen LogP contribution in [0.5, 0.6) is 0 Å². The molecule has 0 radical (unpaired) electrons. The molecule has 1 rings (SSSR count). The standard InChI is InChI=1S/C13H25NO/c1-10(2)8-13(3,4)15-12(9-14)11-6-5-7-11/h10H,5-9,14H2,1-4H3. The Morgan fingerprint density at radius 3 is 2.33 bits per heavy atom. The van der Waals surface area contributed by atoms with Crippen LogP contribution >= 0.6 is 0 Å². The van der Waals surface area contributed by atoms with Crippen LogP contribution in [-0.2, 0) is 4.74 Å². The lowest BCUT2D eigenvalue weighted by Crippen LogP contribution is -2.29. The van der Waals surface area contributed by atoms with Crippen LogP contribution in [0.1, 0.15) is 53.4 Å². The zero-order valence-electron chi connectivity index (χ0n) is 10.6. The van der Waals surface area contributed by atoms with Gasteiger partial charge in [-0.3, -0.25) is 0 Å². The van der Waals surface area contributed by atoms with E-state index in [-0.39, 0.29) is 5.60 Å². The maximum Gasteiger partial charge on any atom is 0.110 e. The highest BCUT2D eigenvalue weighted by Crippen LogP contribution is 2.32. The van der Waals surface area contributed by atoms with Gasteiger partial charge in [-0.25, -0.2) is 0 Å². The third-order valence-corrected chi connectivity index (χ3v) is 2.84. The minimum atomic E-state index is -0.0779. The Kier molecular flexibility index (Phi) is 4.21. The molecule has 0 bridgehead atoms. The lowest BCUT2D eigenvalue weighted by atomic mass is 9.90. The smallest absolute Gasteiger partial charge is 0.110 e. The minimum absolute atomic E-state index is 0.0779. The van der Waals surface area contributed by atoms with E-state index in [0.29, 0.717) is 12.5 Å². The summed E-state index contributed by atoms with van der Waals surface area (Å²) >= 11 is 0. The van der Waals surface area contributed by atoms with Crippen LogP contribution in [-0.4, -0.2) is 12.1 Å². The molecular formula is C13H25NO. The first-order valence-electron chi connectivity index (χ1n) is 6.04. The Morgan fingerprint density at radius 2 is 2.00 bits per heavy atom. The molecule has 0 aromatic rings. The van der Waals surface area contributed by atoms with Crippen LogP contribution in [0.2, 0.25) is 0 Å². The Labute approximate surface area is 93.9 Å². The zero-order valence-corrected chi connectivity index (χ0v) is 10.6. The molecule has 0 unspecified atom stereocenters. The first kappa shape index (κ1) is 12.6. The van der Waals surface area contributed by atoms with Crippen molar-refractivity contribution in [2.75, 3.05) is 6.54 Å². The van der Waals surface area contributed by atoms with Crippen LogP contribution in [0.25, 0.3) is 0 Å². The lowest BCUT2D eigenvalue weighted by molar-refractivity contribution is 0.0127. The maximum absolute atomic E-state index is 6.06. The number of rotatable bonds is 5. The molecule has 2 heteroatoms. The molecule has 0 saturated heterocycles. The van der Waals surface area contributed by atoms with Gasteiger partial charge in [0.25, 0.3) is 0 Å². The minimum Gasteiger partial charge on any atom is -0.491 e. The molecule has 15 heavy (non-hydrogen) atoms. The first-order valence-corrected chi connectivity index (χ1v) is 6.04. The molecule has 1 saturated carbocycles. The number of hydrogen-bond donors (Lipinski definition) is 1. The number of nitrogens with two attached hydrogens (primary N) is 1. The Balaban J connectivity index is 2.57. The second-order valence-electron chi connectivity index (χ2n) is 5.54. The highest BCUT2D eigenvalue weighted by Gasteiger charge is 2.24. The fourth-order valence-corrected chi connectivity index (χ4v) is 2.25. The van der Waals surface area contributed by atoms with Crippen molar-refractivity contribution >= 4 is 0 Å². The van der Waals surface area contributed by atoms with Crippen LogP contribution in [0.4, 0.5) is 0 Å². The van der Waals surface area contributed by atoms with Gasteiger partial charge < -0.3 is 10.5 Å². The molecule has 1 aliphatic carbocycles. The number of hydrogen-bond acceptors (Lipinski definition) is 2. The third-order valence-electron chi connectivity index (χ3n) is 2.84. The number of ether oxygens (including phenoxy) is 1. The van der Waals surface area contributed by atoms with Gasteiger partial charge in [0.1, 0.15) is 11.4 Å². The van der Waals surface area contributed by atoms with Gasteiger partial charge in [-0.15, -0.1) is 0 Å². The molecule has 1 fully saturated rings. The summed E-state index contributed by atoms with van der Waals surface area (Å²) in [5.41, 5.74) is 7.10. The average Bonchev–Trinajstić information content (AvgIpc) is 1.96. The van der Waals surface area contributed by atoms with E-state index in [9.17, 15) is 0 Å². The molecular weight excluding hydrogens is 186 g/mol. The Bertz CT molecular complexity index is 235. The normalized spacial score (nSPS) is 16.5. The zero-order chi connectivity index (χ0) is 11.5. The molecule has 88 valence electrons. The molecule has 0 spiro atoms. The van der Waals surface area contributed by atoms with Crippen molar-refractivity contribution < 1.29 is 4.74 Å². The summed E-state index contributed by atoms with van der Waals surface area (Å²) in [6.07, 6.45) is 4.74. The van der Waals surface area contributed by atoms with Crippen LogP contribution in [0, 0.1) is 5.92 Å². The summed E-state index contributed by atoms with van der Waals surface area (Å²) in [6, 6.07) is 0. The molecule has 0 aromatic heterocycles. The molecule has 0 atom stereocenters. The first-order chi connectivity index (χ1) is 6.94. The molecule has 2 nitrogen and oxygen atoms in total. The number of allylic oxidation sites excluding steroid dienone is 1. The second-order valence-corrected chi connectivity index (χ2v) is 5.54. The highest BCUT2D eigenvalue weighted by molar-refractivity contribution is 5.16. The van der Waals surface area contributed by atoms with Gasteiger partial charge in [0, 0.05) is 0 Å². The Hall–Kier alpha value is -0.500. The predicted octanol–water partition coefficient (Wildman–Crippen LogP) is 3.22. The van der Waals surface area contributed by atoms with E-state index in [4.69, 9.17) is 10.5 Å². The monoisotopic (exact) mass is 211 g/mol. The van der Waals surface area contributed by atoms with Gasteiger partial charge >= 0.3 is 0 Å². The van der Waals surface area contributed by atoms with E-state index >= 15 is 0 Å². The van der Waals surface area contributed by atoms with Gasteiger partial charge in [-0.05, 0) is 51.0 Å².